The molecule has 1 N–H and O–H groups in total. The van der Waals surface area contributed by atoms with Gasteiger partial charge in [-0.25, -0.2) is 4.79 Å². The summed E-state index contributed by atoms with van der Waals surface area (Å²) in [5.74, 6) is -0.125. The largest absolute Gasteiger partial charge is 0.418 e. The zero-order valence-corrected chi connectivity index (χ0v) is 15.1. The highest BCUT2D eigenvalue weighted by Crippen LogP contribution is 2.35. The molecule has 3 rings (SSSR count). The van der Waals surface area contributed by atoms with Crippen molar-refractivity contribution in [3.63, 3.8) is 0 Å². The summed E-state index contributed by atoms with van der Waals surface area (Å²) < 4.78 is 39.4. The van der Waals surface area contributed by atoms with Crippen molar-refractivity contribution in [2.45, 2.75) is 25.1 Å². The molecule has 0 radical (unpaired) electrons. The first kappa shape index (κ1) is 19.5. The quantitative estimate of drug-likeness (QED) is 0.852. The van der Waals surface area contributed by atoms with Gasteiger partial charge in [0.25, 0.3) is 0 Å². The van der Waals surface area contributed by atoms with Crippen molar-refractivity contribution in [1.82, 2.24) is 14.7 Å². The highest BCUT2D eigenvalue weighted by Gasteiger charge is 2.38. The van der Waals surface area contributed by atoms with Crippen LogP contribution in [0.25, 0.3) is 0 Å². The average molecular weight is 384 g/mol. The zero-order chi connectivity index (χ0) is 19.6. The lowest BCUT2D eigenvalue weighted by atomic mass is 10.1. The first-order valence-electron chi connectivity index (χ1n) is 8.98. The fourth-order valence-electron chi connectivity index (χ4n) is 3.53. The number of likely N-dealkylation sites (tertiary alicyclic amines) is 1. The van der Waals surface area contributed by atoms with Crippen molar-refractivity contribution in [2.24, 2.45) is 0 Å². The molecule has 2 aliphatic heterocycles. The Balaban J connectivity index is 1.70. The van der Waals surface area contributed by atoms with E-state index in [-0.39, 0.29) is 11.6 Å². The summed E-state index contributed by atoms with van der Waals surface area (Å²) in [7, 11) is 1.98. The van der Waals surface area contributed by atoms with Crippen LogP contribution in [0.2, 0.25) is 0 Å². The van der Waals surface area contributed by atoms with E-state index in [1.165, 1.54) is 23.1 Å². The van der Waals surface area contributed by atoms with Crippen LogP contribution in [0, 0.1) is 0 Å². The molecule has 2 heterocycles. The predicted octanol–water partition coefficient (Wildman–Crippen LogP) is 2.48. The van der Waals surface area contributed by atoms with Crippen LogP contribution in [0.3, 0.4) is 0 Å². The number of carbonyl (C=O) groups is 2. The fraction of sp³-hybridized carbons (Fsp3) is 0.556. The Morgan fingerprint density at radius 2 is 1.74 bits per heavy atom. The van der Waals surface area contributed by atoms with Gasteiger partial charge in [0.05, 0.1) is 11.3 Å². The van der Waals surface area contributed by atoms with Crippen molar-refractivity contribution >= 4 is 17.6 Å². The minimum atomic E-state index is -4.57. The van der Waals surface area contributed by atoms with Crippen LogP contribution in [0.5, 0.6) is 0 Å². The molecule has 1 aromatic carbocycles. The van der Waals surface area contributed by atoms with Gasteiger partial charge in [0, 0.05) is 32.7 Å². The van der Waals surface area contributed by atoms with Crippen LogP contribution < -0.4 is 5.32 Å². The minimum absolute atomic E-state index is 0.125. The fourth-order valence-corrected chi connectivity index (χ4v) is 3.53. The summed E-state index contributed by atoms with van der Waals surface area (Å²) in [6, 6.07) is 3.55. The Bertz CT molecular complexity index is 702. The third-order valence-corrected chi connectivity index (χ3v) is 5.09. The summed E-state index contributed by atoms with van der Waals surface area (Å²) in [5.41, 5.74) is -1.20. The third-order valence-electron chi connectivity index (χ3n) is 5.09. The number of nitrogens with one attached hydrogen (secondary N) is 1. The van der Waals surface area contributed by atoms with E-state index in [0.717, 1.165) is 19.2 Å². The van der Waals surface area contributed by atoms with Gasteiger partial charge >= 0.3 is 12.2 Å². The smallest absolute Gasteiger partial charge is 0.338 e. The van der Waals surface area contributed by atoms with Gasteiger partial charge in [0.15, 0.2) is 0 Å². The molecule has 2 aliphatic rings. The Labute approximate surface area is 155 Å². The van der Waals surface area contributed by atoms with E-state index in [1.807, 2.05) is 7.05 Å². The van der Waals surface area contributed by atoms with E-state index in [9.17, 15) is 22.8 Å². The summed E-state index contributed by atoms with van der Waals surface area (Å²) in [6.45, 7) is 3.08. The number of benzene rings is 1. The molecule has 148 valence electrons. The molecule has 1 aromatic rings. The van der Waals surface area contributed by atoms with Gasteiger partial charge < -0.3 is 20.0 Å². The Kier molecular flexibility index (Phi) is 5.59. The highest BCUT2D eigenvalue weighted by atomic mass is 19.4. The first-order valence-corrected chi connectivity index (χ1v) is 8.98. The van der Waals surface area contributed by atoms with E-state index in [4.69, 9.17) is 0 Å². The van der Waals surface area contributed by atoms with Gasteiger partial charge in [-0.15, -0.1) is 0 Å². The summed E-state index contributed by atoms with van der Waals surface area (Å²) in [5, 5.41) is 2.34. The predicted molar refractivity (Wildman–Crippen MR) is 94.3 cm³/mol. The summed E-state index contributed by atoms with van der Waals surface area (Å²) in [6.07, 6.45) is -3.39. The van der Waals surface area contributed by atoms with Crippen molar-refractivity contribution in [1.29, 1.82) is 0 Å². The second-order valence-corrected chi connectivity index (χ2v) is 6.95. The van der Waals surface area contributed by atoms with E-state index in [2.05, 4.69) is 10.2 Å². The number of anilines is 1. The number of nitrogens with zero attached hydrogens (tertiary/aromatic N) is 3. The van der Waals surface area contributed by atoms with Crippen molar-refractivity contribution < 1.29 is 22.8 Å². The SMILES string of the molecule is CN1CCN(C(=O)[C@@H]2CCCN2C(=O)Nc2ccccc2C(F)(F)F)CC1. The highest BCUT2D eigenvalue weighted by molar-refractivity contribution is 5.94. The van der Waals surface area contributed by atoms with E-state index >= 15 is 0 Å². The molecule has 0 saturated carbocycles. The molecule has 9 heteroatoms. The number of para-hydroxylation sites is 1. The normalized spacial score (nSPS) is 21.4. The first-order chi connectivity index (χ1) is 12.8. The number of amides is 3. The molecule has 3 amide bonds. The van der Waals surface area contributed by atoms with Gasteiger partial charge in [-0.2, -0.15) is 13.2 Å². The number of hydrogen-bond donors (Lipinski definition) is 1. The van der Waals surface area contributed by atoms with Crippen molar-refractivity contribution in [3.05, 3.63) is 29.8 Å². The second-order valence-electron chi connectivity index (χ2n) is 6.95. The topological polar surface area (TPSA) is 55.9 Å². The maximum atomic E-state index is 13.1. The van der Waals surface area contributed by atoms with E-state index in [0.29, 0.717) is 32.5 Å². The van der Waals surface area contributed by atoms with Gasteiger partial charge in [0.1, 0.15) is 6.04 Å². The van der Waals surface area contributed by atoms with Gasteiger partial charge in [-0.1, -0.05) is 12.1 Å². The standard InChI is InChI=1S/C18H23F3N4O2/c1-23-9-11-24(12-10-23)16(26)15-7-4-8-25(15)17(27)22-14-6-3-2-5-13(14)18(19,20)21/h2-3,5-6,15H,4,7-12H2,1H3,(H,22,27)/t15-/m0/s1. The van der Waals surface area contributed by atoms with Gasteiger partial charge in [0.2, 0.25) is 5.91 Å². The number of halogens is 3. The molecule has 0 aromatic heterocycles. The minimum Gasteiger partial charge on any atom is -0.338 e. The van der Waals surface area contributed by atoms with Crippen LogP contribution in [-0.4, -0.2) is 72.5 Å². The Morgan fingerprint density at radius 1 is 1.07 bits per heavy atom. The number of rotatable bonds is 2. The van der Waals surface area contributed by atoms with E-state index < -0.39 is 23.8 Å². The van der Waals surface area contributed by atoms with Crippen LogP contribution in [0.4, 0.5) is 23.7 Å². The molecule has 0 bridgehead atoms. The number of likely N-dealkylation sites (N-methyl/N-ethyl adjacent to an activating group) is 1. The molecule has 0 unspecified atom stereocenters. The van der Waals surface area contributed by atoms with Crippen molar-refractivity contribution in [3.8, 4) is 0 Å². The number of urea groups is 1. The average Bonchev–Trinajstić information content (AvgIpc) is 3.11. The van der Waals surface area contributed by atoms with Crippen LogP contribution in [0.15, 0.2) is 24.3 Å². The molecule has 2 saturated heterocycles. The molecule has 0 aliphatic carbocycles. The molecular weight excluding hydrogens is 361 g/mol. The molecule has 1 atom stereocenters. The molecule has 2 fully saturated rings. The third kappa shape index (κ3) is 4.35. The lowest BCUT2D eigenvalue weighted by Crippen LogP contribution is -2.54. The van der Waals surface area contributed by atoms with Gasteiger partial charge in [-0.3, -0.25) is 4.79 Å². The Morgan fingerprint density at radius 3 is 2.41 bits per heavy atom. The van der Waals surface area contributed by atoms with E-state index in [1.54, 1.807) is 4.90 Å². The maximum absolute atomic E-state index is 13.1. The summed E-state index contributed by atoms with van der Waals surface area (Å²) in [4.78, 5) is 30.6. The molecular formula is C18H23F3N4O2. The number of carbonyl (C=O) groups excluding carboxylic acids is 2. The maximum Gasteiger partial charge on any atom is 0.418 e. The molecule has 6 nitrogen and oxygen atoms in total. The number of piperazine rings is 1. The number of alkyl halides is 3. The monoisotopic (exact) mass is 384 g/mol. The summed E-state index contributed by atoms with van der Waals surface area (Å²) >= 11 is 0. The Hall–Kier alpha value is -2.29. The van der Waals surface area contributed by atoms with Crippen LogP contribution in [0.1, 0.15) is 18.4 Å². The zero-order valence-electron chi connectivity index (χ0n) is 15.1. The second kappa shape index (κ2) is 7.75. The lowest BCUT2D eigenvalue weighted by Gasteiger charge is -2.35. The van der Waals surface area contributed by atoms with Crippen LogP contribution in [-0.2, 0) is 11.0 Å². The molecule has 0 spiro atoms. The molecule has 27 heavy (non-hydrogen) atoms. The lowest BCUT2D eigenvalue weighted by molar-refractivity contribution is -0.137. The number of hydrogen-bond acceptors (Lipinski definition) is 3. The van der Waals surface area contributed by atoms with Crippen molar-refractivity contribution in [2.75, 3.05) is 45.1 Å². The van der Waals surface area contributed by atoms with Gasteiger partial charge in [-0.05, 0) is 32.0 Å². The van der Waals surface area contributed by atoms with Crippen LogP contribution >= 0.6 is 0 Å².